The lowest BCUT2D eigenvalue weighted by Crippen LogP contribution is -2.66. The van der Waals surface area contributed by atoms with Crippen molar-refractivity contribution in [3.63, 3.8) is 0 Å². The third-order valence-electron chi connectivity index (χ3n) is 6.01. The molecule has 0 fully saturated rings. The molecule has 7 heteroatoms. The van der Waals surface area contributed by atoms with Crippen LogP contribution in [0, 0.1) is 6.92 Å². The largest absolute Gasteiger partial charge is 0.319 e. The minimum Gasteiger partial charge on any atom is -0.319 e. The summed E-state index contributed by atoms with van der Waals surface area (Å²) >= 11 is 0. The minimum atomic E-state index is -0.389. The van der Waals surface area contributed by atoms with E-state index in [2.05, 4.69) is 61.1 Å². The number of aromatic nitrogens is 2. The maximum absolute atomic E-state index is 6.84. The van der Waals surface area contributed by atoms with E-state index in [0.29, 0.717) is 0 Å². The Morgan fingerprint density at radius 1 is 0.967 bits per heavy atom. The molecule has 5 N–H and O–H groups in total. The Morgan fingerprint density at radius 2 is 1.70 bits per heavy atom. The number of para-hydroxylation sites is 1. The van der Waals surface area contributed by atoms with E-state index in [9.17, 15) is 0 Å². The summed E-state index contributed by atoms with van der Waals surface area (Å²) in [5, 5.41) is 3.46. The summed E-state index contributed by atoms with van der Waals surface area (Å²) in [6, 6.07) is 18.6. The molecule has 2 aliphatic heterocycles. The monoisotopic (exact) mass is 401 g/mol. The highest BCUT2D eigenvalue weighted by Gasteiger charge is 2.38. The number of aryl methyl sites for hydroxylation is 1. The molecule has 2 aromatic carbocycles. The van der Waals surface area contributed by atoms with E-state index in [1.54, 1.807) is 0 Å². The second-order valence-corrected chi connectivity index (χ2v) is 7.73. The SMILES string of the molecule is Cc1nccn1-c1ccc(N2C3=C(CNCC3)C(N)N(c3ccccc3)C2N)cc1. The molecule has 0 bridgehead atoms. The van der Waals surface area contributed by atoms with Crippen molar-refractivity contribution in [2.45, 2.75) is 25.8 Å². The van der Waals surface area contributed by atoms with Crippen LogP contribution in [0.2, 0.25) is 0 Å². The molecular weight excluding hydrogens is 374 g/mol. The molecule has 0 saturated heterocycles. The van der Waals surface area contributed by atoms with Crippen LogP contribution in [0.1, 0.15) is 12.2 Å². The van der Waals surface area contributed by atoms with Gasteiger partial charge in [0.1, 0.15) is 12.0 Å². The number of imidazole rings is 1. The number of anilines is 2. The van der Waals surface area contributed by atoms with Gasteiger partial charge in [-0.25, -0.2) is 4.98 Å². The van der Waals surface area contributed by atoms with Crippen LogP contribution in [0.25, 0.3) is 5.69 Å². The van der Waals surface area contributed by atoms with Crippen molar-refractivity contribution in [2.75, 3.05) is 22.9 Å². The van der Waals surface area contributed by atoms with Crippen molar-refractivity contribution < 1.29 is 0 Å². The first kappa shape index (κ1) is 18.9. The van der Waals surface area contributed by atoms with Gasteiger partial charge in [-0.15, -0.1) is 0 Å². The normalized spacial score (nSPS) is 21.7. The summed E-state index contributed by atoms with van der Waals surface area (Å²) in [6.45, 7) is 3.70. The van der Waals surface area contributed by atoms with Gasteiger partial charge in [-0.3, -0.25) is 5.73 Å². The number of benzene rings is 2. The standard InChI is InChI=1S/C23H27N7/c1-16-27-13-14-28(16)17-7-9-19(10-8-17)29-21-11-12-26-15-20(21)22(24)30(23(29)25)18-5-3-2-4-6-18/h2-10,13-14,22-23,26H,11-12,15,24-25H2,1H3. The average molecular weight is 402 g/mol. The van der Waals surface area contributed by atoms with Crippen LogP contribution >= 0.6 is 0 Å². The molecule has 0 saturated carbocycles. The summed E-state index contributed by atoms with van der Waals surface area (Å²) in [6.07, 6.45) is 4.05. The molecule has 0 aliphatic carbocycles. The summed E-state index contributed by atoms with van der Waals surface area (Å²) in [7, 11) is 0. The van der Waals surface area contributed by atoms with Crippen molar-refractivity contribution >= 4 is 11.4 Å². The van der Waals surface area contributed by atoms with Gasteiger partial charge in [-0.1, -0.05) is 18.2 Å². The molecule has 1 aromatic heterocycles. The van der Waals surface area contributed by atoms with Crippen molar-refractivity contribution in [3.05, 3.63) is 84.1 Å². The number of nitrogens with one attached hydrogen (secondary N) is 1. The van der Waals surface area contributed by atoms with Crippen molar-refractivity contribution in [2.24, 2.45) is 11.5 Å². The molecule has 30 heavy (non-hydrogen) atoms. The quantitative estimate of drug-likeness (QED) is 0.624. The molecule has 7 nitrogen and oxygen atoms in total. The smallest absolute Gasteiger partial charge is 0.160 e. The first-order valence-electron chi connectivity index (χ1n) is 10.3. The first-order chi connectivity index (χ1) is 14.6. The minimum absolute atomic E-state index is 0.255. The van der Waals surface area contributed by atoms with Crippen LogP contribution in [-0.2, 0) is 0 Å². The maximum Gasteiger partial charge on any atom is 0.160 e. The molecule has 3 aromatic rings. The third kappa shape index (κ3) is 3.08. The average Bonchev–Trinajstić information content (AvgIpc) is 3.21. The first-order valence-corrected chi connectivity index (χ1v) is 10.3. The summed E-state index contributed by atoms with van der Waals surface area (Å²) in [5.74, 6) is 0.960. The van der Waals surface area contributed by atoms with Gasteiger partial charge >= 0.3 is 0 Å². The number of rotatable bonds is 3. The fourth-order valence-electron chi connectivity index (χ4n) is 4.51. The van der Waals surface area contributed by atoms with Crippen LogP contribution in [0.4, 0.5) is 11.4 Å². The zero-order chi connectivity index (χ0) is 20.7. The molecule has 154 valence electrons. The van der Waals surface area contributed by atoms with E-state index in [-0.39, 0.29) is 12.5 Å². The third-order valence-corrected chi connectivity index (χ3v) is 6.01. The van der Waals surface area contributed by atoms with Gasteiger partial charge < -0.3 is 25.4 Å². The second kappa shape index (κ2) is 7.60. The number of nitrogens with zero attached hydrogens (tertiary/aromatic N) is 4. The lowest BCUT2D eigenvalue weighted by molar-refractivity contribution is 0.470. The van der Waals surface area contributed by atoms with Crippen molar-refractivity contribution in [1.29, 1.82) is 0 Å². The molecule has 5 rings (SSSR count). The topological polar surface area (TPSA) is 88.4 Å². The van der Waals surface area contributed by atoms with Crippen LogP contribution in [0.3, 0.4) is 0 Å². The second-order valence-electron chi connectivity index (χ2n) is 7.73. The highest BCUT2D eigenvalue weighted by atomic mass is 15.5. The fourth-order valence-corrected chi connectivity index (χ4v) is 4.51. The zero-order valence-electron chi connectivity index (χ0n) is 17.1. The van der Waals surface area contributed by atoms with E-state index < -0.39 is 0 Å². The molecule has 0 spiro atoms. The fraction of sp³-hybridized carbons (Fsp3) is 0.261. The molecule has 2 aliphatic rings. The van der Waals surface area contributed by atoms with Gasteiger partial charge in [0.15, 0.2) is 6.29 Å². The molecule has 2 unspecified atom stereocenters. The van der Waals surface area contributed by atoms with E-state index in [0.717, 1.165) is 42.4 Å². The van der Waals surface area contributed by atoms with Gasteiger partial charge in [0, 0.05) is 60.2 Å². The highest BCUT2D eigenvalue weighted by Crippen LogP contribution is 2.36. The van der Waals surface area contributed by atoms with E-state index in [1.807, 2.05) is 37.5 Å². The summed E-state index contributed by atoms with van der Waals surface area (Å²) in [4.78, 5) is 8.65. The Morgan fingerprint density at radius 3 is 2.40 bits per heavy atom. The van der Waals surface area contributed by atoms with Crippen LogP contribution in [0.5, 0.6) is 0 Å². The van der Waals surface area contributed by atoms with Gasteiger partial charge in [0.25, 0.3) is 0 Å². The molecule has 2 atom stereocenters. The van der Waals surface area contributed by atoms with E-state index in [4.69, 9.17) is 11.5 Å². The van der Waals surface area contributed by atoms with Gasteiger partial charge in [0.05, 0.1) is 0 Å². The van der Waals surface area contributed by atoms with E-state index >= 15 is 0 Å². The summed E-state index contributed by atoms with van der Waals surface area (Å²) < 4.78 is 2.07. The molecule has 0 amide bonds. The van der Waals surface area contributed by atoms with Gasteiger partial charge in [-0.2, -0.15) is 0 Å². The Hall–Kier alpha value is -3.13. The Bertz CT molecular complexity index is 1050. The van der Waals surface area contributed by atoms with Crippen LogP contribution in [-0.4, -0.2) is 35.1 Å². The lowest BCUT2D eigenvalue weighted by Gasteiger charge is -2.50. The molecule has 0 radical (unpaired) electrons. The lowest BCUT2D eigenvalue weighted by atomic mass is 9.98. The zero-order valence-corrected chi connectivity index (χ0v) is 17.1. The van der Waals surface area contributed by atoms with Crippen LogP contribution in [0.15, 0.2) is 78.3 Å². The van der Waals surface area contributed by atoms with Crippen molar-refractivity contribution in [1.82, 2.24) is 14.9 Å². The summed E-state index contributed by atoms with van der Waals surface area (Å²) in [5.41, 5.74) is 19.1. The molecular formula is C23H27N7. The Balaban J connectivity index is 1.57. The maximum atomic E-state index is 6.84. The number of hydrogen-bond donors (Lipinski definition) is 3. The Labute approximate surface area is 176 Å². The Kier molecular flexibility index (Phi) is 4.78. The van der Waals surface area contributed by atoms with Crippen molar-refractivity contribution in [3.8, 4) is 5.69 Å². The number of nitrogens with two attached hydrogens (primary N) is 2. The van der Waals surface area contributed by atoms with Crippen LogP contribution < -0.4 is 26.6 Å². The predicted octanol–water partition coefficient (Wildman–Crippen LogP) is 2.28. The molecule has 3 heterocycles. The van der Waals surface area contributed by atoms with Gasteiger partial charge in [-0.05, 0) is 43.3 Å². The highest BCUT2D eigenvalue weighted by molar-refractivity contribution is 5.64. The van der Waals surface area contributed by atoms with Gasteiger partial charge in [0.2, 0.25) is 0 Å². The van der Waals surface area contributed by atoms with E-state index in [1.165, 1.54) is 11.3 Å². The predicted molar refractivity (Wildman–Crippen MR) is 120 cm³/mol. The number of hydrogen-bond acceptors (Lipinski definition) is 6.